The Bertz CT molecular complexity index is 757. The second-order valence-corrected chi connectivity index (χ2v) is 7.80. The molecule has 5 heteroatoms. The Labute approximate surface area is 150 Å². The minimum absolute atomic E-state index is 0.0940. The van der Waals surface area contributed by atoms with Crippen molar-refractivity contribution < 1.29 is 4.79 Å². The van der Waals surface area contributed by atoms with Gasteiger partial charge in [-0.15, -0.1) is 0 Å². The Kier molecular flexibility index (Phi) is 4.95. The number of hydrogen-bond donors (Lipinski definition) is 1. The first-order chi connectivity index (χ1) is 11.8. The molecule has 0 saturated heterocycles. The normalized spacial score (nSPS) is 15.0. The van der Waals surface area contributed by atoms with Crippen LogP contribution in [0.4, 0.5) is 0 Å². The molecule has 1 N–H and O–H groups in total. The lowest BCUT2D eigenvalue weighted by molar-refractivity contribution is 0.0940. The monoisotopic (exact) mass is 340 g/mol. The molecule has 0 fully saturated rings. The first-order valence-electron chi connectivity index (χ1n) is 8.99. The van der Waals surface area contributed by atoms with Crippen LogP contribution in [-0.4, -0.2) is 40.2 Å². The second kappa shape index (κ2) is 7.00. The summed E-state index contributed by atoms with van der Waals surface area (Å²) in [6.07, 6.45) is 1.08. The number of benzene rings is 1. The zero-order valence-electron chi connectivity index (χ0n) is 15.7. The van der Waals surface area contributed by atoms with Gasteiger partial charge in [-0.1, -0.05) is 24.3 Å². The predicted octanol–water partition coefficient (Wildman–Crippen LogP) is 2.73. The summed E-state index contributed by atoms with van der Waals surface area (Å²) in [6.45, 7) is 11.8. The largest absolute Gasteiger partial charge is 0.349 e. The molecule has 0 unspecified atom stereocenters. The maximum Gasteiger partial charge on any atom is 0.271 e. The lowest BCUT2D eigenvalue weighted by atomic mass is 10.00. The van der Waals surface area contributed by atoms with Crippen LogP contribution in [0.2, 0.25) is 0 Å². The van der Waals surface area contributed by atoms with Crippen molar-refractivity contribution in [2.75, 3.05) is 19.6 Å². The lowest BCUT2D eigenvalue weighted by Gasteiger charge is -2.28. The summed E-state index contributed by atoms with van der Waals surface area (Å²) in [5, 5.41) is 7.47. The number of nitrogens with zero attached hydrogens (tertiary/aromatic N) is 3. The standard InChI is InChI=1S/C20H28N4O/c1-15-13-18(22-24(15)20(2,3)4)19(25)21-10-12-23-11-9-16-7-5-6-8-17(16)14-23/h5-8,13H,9-12,14H2,1-4H3,(H,21,25). The topological polar surface area (TPSA) is 50.2 Å². The zero-order valence-corrected chi connectivity index (χ0v) is 15.7. The minimum atomic E-state index is -0.121. The van der Waals surface area contributed by atoms with Crippen LogP contribution in [0.3, 0.4) is 0 Å². The molecule has 1 aromatic carbocycles. The first kappa shape index (κ1) is 17.7. The average molecular weight is 340 g/mol. The van der Waals surface area contributed by atoms with Gasteiger partial charge in [0.05, 0.1) is 5.54 Å². The fraction of sp³-hybridized carbons (Fsp3) is 0.500. The molecule has 2 aromatic rings. The molecular weight excluding hydrogens is 312 g/mol. The van der Waals surface area contributed by atoms with Gasteiger partial charge >= 0.3 is 0 Å². The number of carbonyl (C=O) groups is 1. The smallest absolute Gasteiger partial charge is 0.271 e. The van der Waals surface area contributed by atoms with Gasteiger partial charge < -0.3 is 5.32 Å². The van der Waals surface area contributed by atoms with Crippen LogP contribution < -0.4 is 5.32 Å². The van der Waals surface area contributed by atoms with Crippen molar-refractivity contribution in [3.05, 3.63) is 52.8 Å². The predicted molar refractivity (Wildman–Crippen MR) is 99.7 cm³/mol. The molecular formula is C20H28N4O. The lowest BCUT2D eigenvalue weighted by Crippen LogP contribution is -2.38. The van der Waals surface area contributed by atoms with Crippen LogP contribution in [-0.2, 0) is 18.5 Å². The second-order valence-electron chi connectivity index (χ2n) is 7.80. The summed E-state index contributed by atoms with van der Waals surface area (Å²) in [5.74, 6) is -0.0940. The highest BCUT2D eigenvalue weighted by Crippen LogP contribution is 2.18. The minimum Gasteiger partial charge on any atom is -0.349 e. The summed E-state index contributed by atoms with van der Waals surface area (Å²) < 4.78 is 1.91. The molecule has 0 aliphatic carbocycles. The number of amides is 1. The Morgan fingerprint density at radius 2 is 1.96 bits per heavy atom. The third-order valence-electron chi connectivity index (χ3n) is 4.68. The molecule has 25 heavy (non-hydrogen) atoms. The maximum absolute atomic E-state index is 12.4. The van der Waals surface area contributed by atoms with Crippen LogP contribution >= 0.6 is 0 Å². The maximum atomic E-state index is 12.4. The first-order valence-corrected chi connectivity index (χ1v) is 8.99. The summed E-state index contributed by atoms with van der Waals surface area (Å²) in [7, 11) is 0. The molecule has 1 aliphatic heterocycles. The van der Waals surface area contributed by atoms with E-state index in [1.165, 1.54) is 11.1 Å². The molecule has 0 bridgehead atoms. The van der Waals surface area contributed by atoms with Gasteiger partial charge in [0, 0.05) is 31.9 Å². The average Bonchev–Trinajstić information content (AvgIpc) is 2.97. The van der Waals surface area contributed by atoms with Gasteiger partial charge in [0.15, 0.2) is 0 Å². The van der Waals surface area contributed by atoms with Gasteiger partial charge in [0.1, 0.15) is 5.69 Å². The molecule has 5 nitrogen and oxygen atoms in total. The molecule has 1 aliphatic rings. The Hall–Kier alpha value is -2.14. The van der Waals surface area contributed by atoms with Gasteiger partial charge in [-0.25, -0.2) is 0 Å². The van der Waals surface area contributed by atoms with Gasteiger partial charge in [0.2, 0.25) is 0 Å². The van der Waals surface area contributed by atoms with E-state index in [0.29, 0.717) is 12.2 Å². The van der Waals surface area contributed by atoms with Crippen molar-refractivity contribution in [1.82, 2.24) is 20.0 Å². The van der Waals surface area contributed by atoms with Crippen LogP contribution in [0.15, 0.2) is 30.3 Å². The van der Waals surface area contributed by atoms with Crippen LogP contribution in [0.5, 0.6) is 0 Å². The summed E-state index contributed by atoms with van der Waals surface area (Å²) in [5.41, 5.74) is 4.23. The van der Waals surface area contributed by atoms with Gasteiger partial charge in [-0.3, -0.25) is 14.4 Å². The van der Waals surface area contributed by atoms with E-state index in [0.717, 1.165) is 31.7 Å². The van der Waals surface area contributed by atoms with E-state index in [1.807, 2.05) is 17.7 Å². The summed E-state index contributed by atoms with van der Waals surface area (Å²) in [4.78, 5) is 14.8. The van der Waals surface area contributed by atoms with E-state index in [2.05, 4.69) is 60.4 Å². The molecule has 0 spiro atoms. The number of aromatic nitrogens is 2. The Morgan fingerprint density at radius 3 is 2.64 bits per heavy atom. The van der Waals surface area contributed by atoms with Gasteiger partial charge in [0.25, 0.3) is 5.91 Å². The van der Waals surface area contributed by atoms with E-state index in [4.69, 9.17) is 0 Å². The van der Waals surface area contributed by atoms with Crippen molar-refractivity contribution in [3.63, 3.8) is 0 Å². The quantitative estimate of drug-likeness (QED) is 0.931. The zero-order chi connectivity index (χ0) is 18.0. The molecule has 3 rings (SSSR count). The molecule has 1 aromatic heterocycles. The summed E-state index contributed by atoms with van der Waals surface area (Å²) in [6, 6.07) is 10.5. The fourth-order valence-corrected chi connectivity index (χ4v) is 3.43. The number of fused-ring (bicyclic) bond motifs is 1. The van der Waals surface area contributed by atoms with E-state index in [9.17, 15) is 4.79 Å². The van der Waals surface area contributed by atoms with Crippen molar-refractivity contribution in [2.24, 2.45) is 0 Å². The van der Waals surface area contributed by atoms with Crippen molar-refractivity contribution in [3.8, 4) is 0 Å². The van der Waals surface area contributed by atoms with Gasteiger partial charge in [-0.2, -0.15) is 5.10 Å². The van der Waals surface area contributed by atoms with Crippen LogP contribution in [0, 0.1) is 6.92 Å². The third-order valence-corrected chi connectivity index (χ3v) is 4.68. The highest BCUT2D eigenvalue weighted by molar-refractivity contribution is 5.92. The SMILES string of the molecule is Cc1cc(C(=O)NCCN2CCc3ccccc3C2)nn1C(C)(C)C. The molecule has 0 atom stereocenters. The molecule has 1 amide bonds. The number of carbonyl (C=O) groups excluding carboxylic acids is 1. The molecule has 0 saturated carbocycles. The van der Waals surface area contributed by atoms with E-state index in [-0.39, 0.29) is 11.4 Å². The number of nitrogens with one attached hydrogen (secondary N) is 1. The number of aryl methyl sites for hydroxylation is 1. The fourth-order valence-electron chi connectivity index (χ4n) is 3.43. The van der Waals surface area contributed by atoms with E-state index < -0.39 is 0 Å². The number of rotatable bonds is 4. The van der Waals surface area contributed by atoms with Crippen LogP contribution in [0.1, 0.15) is 48.1 Å². The van der Waals surface area contributed by atoms with Crippen molar-refractivity contribution in [1.29, 1.82) is 0 Å². The Balaban J connectivity index is 1.52. The van der Waals surface area contributed by atoms with E-state index >= 15 is 0 Å². The third kappa shape index (κ3) is 4.10. The number of hydrogen-bond acceptors (Lipinski definition) is 3. The summed E-state index contributed by atoms with van der Waals surface area (Å²) >= 11 is 0. The molecule has 2 heterocycles. The molecule has 0 radical (unpaired) electrons. The van der Waals surface area contributed by atoms with Gasteiger partial charge in [-0.05, 0) is 51.3 Å². The Morgan fingerprint density at radius 1 is 1.24 bits per heavy atom. The van der Waals surface area contributed by atoms with Crippen molar-refractivity contribution >= 4 is 5.91 Å². The highest BCUT2D eigenvalue weighted by Gasteiger charge is 2.20. The molecule has 134 valence electrons. The van der Waals surface area contributed by atoms with Crippen molar-refractivity contribution in [2.45, 2.75) is 46.2 Å². The highest BCUT2D eigenvalue weighted by atomic mass is 16.1. The van der Waals surface area contributed by atoms with Crippen LogP contribution in [0.25, 0.3) is 0 Å². The van der Waals surface area contributed by atoms with E-state index in [1.54, 1.807) is 0 Å².